The molecule has 0 spiro atoms. The Labute approximate surface area is 135 Å². The molecular formula is C17H19ClN4. The second-order valence-corrected chi connectivity index (χ2v) is 6.62. The van der Waals surface area contributed by atoms with Crippen LogP contribution in [0.1, 0.15) is 54.9 Å². The van der Waals surface area contributed by atoms with Crippen molar-refractivity contribution < 1.29 is 0 Å². The van der Waals surface area contributed by atoms with Crippen molar-refractivity contribution in [3.63, 3.8) is 0 Å². The number of hydrogen-bond acceptors (Lipinski definition) is 4. The monoisotopic (exact) mass is 314 g/mol. The highest BCUT2D eigenvalue weighted by Gasteiger charge is 2.31. The maximum absolute atomic E-state index is 6.23. The molecule has 0 N–H and O–H groups in total. The van der Waals surface area contributed by atoms with Crippen molar-refractivity contribution >= 4 is 17.4 Å². The number of pyridine rings is 1. The molecule has 2 fully saturated rings. The second-order valence-electron chi connectivity index (χ2n) is 6.24. The summed E-state index contributed by atoms with van der Waals surface area (Å²) < 4.78 is 0. The van der Waals surface area contributed by atoms with Crippen LogP contribution in [0.15, 0.2) is 24.3 Å². The maximum Gasteiger partial charge on any atom is 0.135 e. The van der Waals surface area contributed by atoms with E-state index >= 15 is 0 Å². The normalized spacial score (nSPS) is 21.4. The molecule has 1 aliphatic carbocycles. The lowest BCUT2D eigenvalue weighted by molar-refractivity contribution is 0.681. The summed E-state index contributed by atoms with van der Waals surface area (Å²) in [6.45, 7) is 3.04. The maximum atomic E-state index is 6.23. The highest BCUT2D eigenvalue weighted by atomic mass is 35.5. The molecule has 114 valence electrons. The van der Waals surface area contributed by atoms with Crippen LogP contribution in [0.2, 0.25) is 5.15 Å². The van der Waals surface area contributed by atoms with Crippen molar-refractivity contribution in [1.29, 1.82) is 0 Å². The predicted molar refractivity (Wildman–Crippen MR) is 87.3 cm³/mol. The van der Waals surface area contributed by atoms with Crippen LogP contribution >= 0.6 is 11.6 Å². The van der Waals surface area contributed by atoms with Crippen LogP contribution in [-0.2, 0) is 0 Å². The topological polar surface area (TPSA) is 41.9 Å². The molecule has 1 atom stereocenters. The van der Waals surface area contributed by atoms with E-state index in [-0.39, 0.29) is 6.04 Å². The highest BCUT2D eigenvalue weighted by Crippen LogP contribution is 2.41. The van der Waals surface area contributed by atoms with Gasteiger partial charge in [0.2, 0.25) is 0 Å². The van der Waals surface area contributed by atoms with Gasteiger partial charge in [-0.1, -0.05) is 17.7 Å². The Morgan fingerprint density at radius 3 is 2.77 bits per heavy atom. The molecule has 0 amide bonds. The van der Waals surface area contributed by atoms with E-state index in [4.69, 9.17) is 21.6 Å². The van der Waals surface area contributed by atoms with Crippen LogP contribution < -0.4 is 4.90 Å². The fraction of sp³-hybridized carbons (Fsp3) is 0.471. The molecule has 2 aliphatic rings. The lowest BCUT2D eigenvalue weighted by Gasteiger charge is -2.26. The molecular weight excluding hydrogens is 296 g/mol. The zero-order valence-corrected chi connectivity index (χ0v) is 13.4. The van der Waals surface area contributed by atoms with Crippen molar-refractivity contribution in [2.45, 2.75) is 44.6 Å². The fourth-order valence-electron chi connectivity index (χ4n) is 3.19. The third-order valence-electron chi connectivity index (χ3n) is 4.44. The van der Waals surface area contributed by atoms with Crippen LogP contribution in [0.3, 0.4) is 0 Å². The van der Waals surface area contributed by atoms with Gasteiger partial charge in [-0.3, -0.25) is 4.98 Å². The zero-order valence-electron chi connectivity index (χ0n) is 12.7. The highest BCUT2D eigenvalue weighted by molar-refractivity contribution is 6.29. The van der Waals surface area contributed by atoms with Gasteiger partial charge in [-0.15, -0.1) is 0 Å². The minimum Gasteiger partial charge on any atom is -0.348 e. The second kappa shape index (κ2) is 5.51. The minimum absolute atomic E-state index is 0.290. The van der Waals surface area contributed by atoms with Crippen molar-refractivity contribution in [2.24, 2.45) is 0 Å². The average Bonchev–Trinajstić information content (AvgIpc) is 3.23. The molecule has 1 saturated heterocycles. The Kier molecular flexibility index (Phi) is 3.49. The first-order chi connectivity index (χ1) is 10.7. The number of aromatic nitrogens is 3. The molecule has 0 aromatic carbocycles. The smallest absolute Gasteiger partial charge is 0.135 e. The largest absolute Gasteiger partial charge is 0.348 e. The van der Waals surface area contributed by atoms with E-state index in [1.807, 2.05) is 19.1 Å². The summed E-state index contributed by atoms with van der Waals surface area (Å²) in [4.78, 5) is 16.2. The van der Waals surface area contributed by atoms with E-state index in [1.54, 1.807) is 0 Å². The molecule has 3 heterocycles. The van der Waals surface area contributed by atoms with E-state index in [1.165, 1.54) is 12.8 Å². The number of nitrogens with zero attached hydrogens (tertiary/aromatic N) is 4. The van der Waals surface area contributed by atoms with Crippen LogP contribution in [0.25, 0.3) is 0 Å². The van der Waals surface area contributed by atoms with Crippen molar-refractivity contribution in [1.82, 2.24) is 15.0 Å². The van der Waals surface area contributed by atoms with E-state index < -0.39 is 0 Å². The quantitative estimate of drug-likeness (QED) is 0.801. The third-order valence-corrected chi connectivity index (χ3v) is 4.63. The Morgan fingerprint density at radius 1 is 1.14 bits per heavy atom. The summed E-state index contributed by atoms with van der Waals surface area (Å²) in [5.41, 5.74) is 2.18. The van der Waals surface area contributed by atoms with Gasteiger partial charge in [0.1, 0.15) is 16.8 Å². The van der Waals surface area contributed by atoms with Crippen molar-refractivity contribution in [3.8, 4) is 0 Å². The van der Waals surface area contributed by atoms with Gasteiger partial charge in [0, 0.05) is 24.2 Å². The van der Waals surface area contributed by atoms with Gasteiger partial charge in [0.25, 0.3) is 0 Å². The SMILES string of the molecule is Cc1cccc(C2CCCN2c2cc(Cl)nc(C3CC3)n2)n1. The van der Waals surface area contributed by atoms with Crippen molar-refractivity contribution in [2.75, 3.05) is 11.4 Å². The summed E-state index contributed by atoms with van der Waals surface area (Å²) in [6, 6.07) is 8.41. The van der Waals surface area contributed by atoms with Crippen LogP contribution in [-0.4, -0.2) is 21.5 Å². The Balaban J connectivity index is 1.68. The van der Waals surface area contributed by atoms with E-state index in [0.717, 1.165) is 42.4 Å². The van der Waals surface area contributed by atoms with Gasteiger partial charge >= 0.3 is 0 Å². The van der Waals surface area contributed by atoms with Gasteiger partial charge in [-0.25, -0.2) is 9.97 Å². The molecule has 1 aliphatic heterocycles. The number of hydrogen-bond donors (Lipinski definition) is 0. The summed E-state index contributed by atoms with van der Waals surface area (Å²) >= 11 is 6.23. The number of rotatable bonds is 3. The van der Waals surface area contributed by atoms with E-state index in [2.05, 4.69) is 22.0 Å². The number of anilines is 1. The zero-order chi connectivity index (χ0) is 15.1. The van der Waals surface area contributed by atoms with Crippen molar-refractivity contribution in [3.05, 3.63) is 46.6 Å². The molecule has 5 heteroatoms. The van der Waals surface area contributed by atoms with Gasteiger partial charge in [0.05, 0.1) is 11.7 Å². The van der Waals surface area contributed by atoms with Crippen LogP contribution in [0.4, 0.5) is 5.82 Å². The molecule has 0 radical (unpaired) electrons. The Morgan fingerprint density at radius 2 is 2.00 bits per heavy atom. The fourth-order valence-corrected chi connectivity index (χ4v) is 3.38. The summed E-state index contributed by atoms with van der Waals surface area (Å²) in [5, 5.41) is 0.551. The van der Waals surface area contributed by atoms with Gasteiger partial charge in [-0.2, -0.15) is 0 Å². The molecule has 22 heavy (non-hydrogen) atoms. The van der Waals surface area contributed by atoms with E-state index in [0.29, 0.717) is 11.1 Å². The summed E-state index contributed by atoms with van der Waals surface area (Å²) in [5.74, 6) is 2.37. The Hall–Kier alpha value is -1.68. The molecule has 4 nitrogen and oxygen atoms in total. The molecule has 2 aromatic heterocycles. The van der Waals surface area contributed by atoms with Crippen LogP contribution in [0, 0.1) is 6.92 Å². The molecule has 1 unspecified atom stereocenters. The third kappa shape index (κ3) is 2.68. The first-order valence-corrected chi connectivity index (χ1v) is 8.33. The lowest BCUT2D eigenvalue weighted by Crippen LogP contribution is -2.25. The van der Waals surface area contributed by atoms with Crippen LogP contribution in [0.5, 0.6) is 0 Å². The standard InChI is InChI=1S/C17H19ClN4/c1-11-4-2-5-13(19-11)14-6-3-9-22(14)16-10-15(18)20-17(21-16)12-7-8-12/h2,4-5,10,12,14H,3,6-9H2,1H3. The van der Waals surface area contributed by atoms with Gasteiger partial charge in [0.15, 0.2) is 0 Å². The summed E-state index contributed by atoms with van der Waals surface area (Å²) in [6.07, 6.45) is 4.63. The molecule has 0 bridgehead atoms. The number of aryl methyl sites for hydroxylation is 1. The minimum atomic E-state index is 0.290. The predicted octanol–water partition coefficient (Wildman–Crippen LogP) is 4.05. The number of halogens is 1. The Bertz CT molecular complexity index is 699. The van der Waals surface area contributed by atoms with E-state index in [9.17, 15) is 0 Å². The van der Waals surface area contributed by atoms with Gasteiger partial charge < -0.3 is 4.90 Å². The molecule has 4 rings (SSSR count). The summed E-state index contributed by atoms with van der Waals surface area (Å²) in [7, 11) is 0. The molecule has 1 saturated carbocycles. The molecule has 2 aromatic rings. The first-order valence-electron chi connectivity index (χ1n) is 7.95. The average molecular weight is 315 g/mol. The first kappa shape index (κ1) is 13.9. The van der Waals surface area contributed by atoms with Gasteiger partial charge in [-0.05, 0) is 44.7 Å². The lowest BCUT2D eigenvalue weighted by atomic mass is 10.1.